The Morgan fingerprint density at radius 2 is 2.24 bits per heavy atom. The van der Waals surface area contributed by atoms with Gasteiger partial charge in [0.25, 0.3) is 6.43 Å². The Bertz CT molecular complexity index is 427. The van der Waals surface area contributed by atoms with Crippen molar-refractivity contribution in [1.29, 1.82) is 0 Å². The second-order valence-corrected chi connectivity index (χ2v) is 3.79. The zero-order valence-electron chi connectivity index (χ0n) is 8.84. The zero-order chi connectivity index (χ0) is 13.0. The number of alkyl halides is 3. The lowest BCUT2D eigenvalue weighted by Gasteiger charge is -2.11. The number of rotatable bonds is 4. The van der Waals surface area contributed by atoms with E-state index in [4.69, 9.17) is 23.2 Å². The number of halogens is 4. The normalized spacial score (nSPS) is 10.7. The van der Waals surface area contributed by atoms with Crippen LogP contribution in [-0.2, 0) is 21.8 Å². The number of methoxy groups -OCH3 is 1. The van der Waals surface area contributed by atoms with E-state index in [1.165, 1.54) is 7.11 Å². The number of ether oxygens (including phenoxy) is 1. The molecule has 0 bridgehead atoms. The summed E-state index contributed by atoms with van der Waals surface area (Å²) in [5.41, 5.74) is -0.0468. The second kappa shape index (κ2) is 6.12. The van der Waals surface area contributed by atoms with Gasteiger partial charge in [0.15, 0.2) is 0 Å². The van der Waals surface area contributed by atoms with Gasteiger partial charge in [0.2, 0.25) is 0 Å². The summed E-state index contributed by atoms with van der Waals surface area (Å²) in [6.07, 6.45) is -1.91. The van der Waals surface area contributed by atoms with Crippen molar-refractivity contribution in [3.63, 3.8) is 0 Å². The third kappa shape index (κ3) is 3.26. The van der Waals surface area contributed by atoms with Gasteiger partial charge in [-0.3, -0.25) is 9.78 Å². The van der Waals surface area contributed by atoms with Crippen LogP contribution in [-0.4, -0.2) is 18.1 Å². The van der Waals surface area contributed by atoms with E-state index in [-0.39, 0.29) is 34.1 Å². The highest BCUT2D eigenvalue weighted by molar-refractivity contribution is 6.33. The average Bonchev–Trinajstić information content (AvgIpc) is 2.30. The molecule has 7 heteroatoms. The molecule has 0 unspecified atom stereocenters. The van der Waals surface area contributed by atoms with E-state index in [0.717, 1.165) is 6.20 Å². The number of hydrogen-bond donors (Lipinski definition) is 0. The summed E-state index contributed by atoms with van der Waals surface area (Å²) in [6, 6.07) is 0. The molecule has 0 aliphatic rings. The third-order valence-corrected chi connectivity index (χ3v) is 2.85. The summed E-state index contributed by atoms with van der Waals surface area (Å²) >= 11 is 11.4. The quantitative estimate of drug-likeness (QED) is 0.630. The van der Waals surface area contributed by atoms with Crippen molar-refractivity contribution in [3.8, 4) is 0 Å². The number of esters is 1. The van der Waals surface area contributed by atoms with Crippen LogP contribution in [0.5, 0.6) is 0 Å². The van der Waals surface area contributed by atoms with E-state index in [1.807, 2.05) is 0 Å². The summed E-state index contributed by atoms with van der Waals surface area (Å²) < 4.78 is 29.7. The molecule has 0 saturated heterocycles. The number of aromatic nitrogens is 1. The van der Waals surface area contributed by atoms with Crippen LogP contribution in [0.2, 0.25) is 5.02 Å². The Labute approximate surface area is 107 Å². The molecular formula is C10H9Cl2F2NO2. The highest BCUT2D eigenvalue weighted by Crippen LogP contribution is 2.31. The SMILES string of the molecule is COC(=O)Cc1ncc(C(F)F)c(CCl)c1Cl. The largest absolute Gasteiger partial charge is 0.469 e. The van der Waals surface area contributed by atoms with Crippen LogP contribution in [0.4, 0.5) is 8.78 Å². The van der Waals surface area contributed by atoms with E-state index < -0.39 is 12.4 Å². The summed E-state index contributed by atoms with van der Waals surface area (Å²) in [5, 5.41) is -0.0109. The molecule has 0 saturated carbocycles. The summed E-state index contributed by atoms with van der Waals surface area (Å²) in [4.78, 5) is 14.8. The smallest absolute Gasteiger partial charge is 0.311 e. The van der Waals surface area contributed by atoms with Crippen LogP contribution in [0.3, 0.4) is 0 Å². The van der Waals surface area contributed by atoms with Gasteiger partial charge < -0.3 is 4.74 Å². The van der Waals surface area contributed by atoms with Crippen molar-refractivity contribution >= 4 is 29.2 Å². The fourth-order valence-corrected chi connectivity index (χ4v) is 1.89. The van der Waals surface area contributed by atoms with E-state index in [1.54, 1.807) is 0 Å². The Morgan fingerprint density at radius 3 is 2.71 bits per heavy atom. The Kier molecular flexibility index (Phi) is 5.08. The maximum atomic E-state index is 12.6. The van der Waals surface area contributed by atoms with E-state index in [2.05, 4.69) is 9.72 Å². The average molecular weight is 284 g/mol. The van der Waals surface area contributed by atoms with Crippen molar-refractivity contribution in [2.75, 3.05) is 7.11 Å². The first-order valence-corrected chi connectivity index (χ1v) is 5.49. The first-order valence-electron chi connectivity index (χ1n) is 4.58. The molecule has 1 aromatic rings. The molecule has 1 rings (SSSR count). The maximum absolute atomic E-state index is 12.6. The lowest BCUT2D eigenvalue weighted by Crippen LogP contribution is -2.09. The molecule has 1 heterocycles. The molecule has 0 aliphatic carbocycles. The molecule has 17 heavy (non-hydrogen) atoms. The first-order chi connectivity index (χ1) is 8.01. The van der Waals surface area contributed by atoms with Gasteiger partial charge in [0.05, 0.1) is 24.2 Å². The molecule has 0 amide bonds. The molecule has 0 radical (unpaired) electrons. The molecule has 0 aromatic carbocycles. The van der Waals surface area contributed by atoms with Crippen LogP contribution < -0.4 is 0 Å². The number of hydrogen-bond acceptors (Lipinski definition) is 3. The van der Waals surface area contributed by atoms with Crippen LogP contribution in [0.25, 0.3) is 0 Å². The van der Waals surface area contributed by atoms with Crippen molar-refractivity contribution in [3.05, 3.63) is 28.0 Å². The van der Waals surface area contributed by atoms with E-state index >= 15 is 0 Å². The molecule has 3 nitrogen and oxygen atoms in total. The van der Waals surface area contributed by atoms with Gasteiger partial charge in [0, 0.05) is 17.6 Å². The highest BCUT2D eigenvalue weighted by atomic mass is 35.5. The minimum absolute atomic E-state index is 0.0109. The fourth-order valence-electron chi connectivity index (χ4n) is 1.24. The highest BCUT2D eigenvalue weighted by Gasteiger charge is 2.20. The van der Waals surface area contributed by atoms with Gasteiger partial charge in [-0.05, 0) is 5.56 Å². The van der Waals surface area contributed by atoms with E-state index in [9.17, 15) is 13.6 Å². The van der Waals surface area contributed by atoms with E-state index in [0.29, 0.717) is 0 Å². The van der Waals surface area contributed by atoms with Crippen molar-refractivity contribution < 1.29 is 18.3 Å². The molecule has 1 aromatic heterocycles. The van der Waals surface area contributed by atoms with Gasteiger partial charge in [-0.25, -0.2) is 8.78 Å². The molecule has 0 atom stereocenters. The third-order valence-electron chi connectivity index (χ3n) is 2.13. The minimum Gasteiger partial charge on any atom is -0.469 e. The van der Waals surface area contributed by atoms with Crippen LogP contribution in [0, 0.1) is 0 Å². The van der Waals surface area contributed by atoms with Crippen molar-refractivity contribution in [2.45, 2.75) is 18.7 Å². The monoisotopic (exact) mass is 283 g/mol. The van der Waals surface area contributed by atoms with Gasteiger partial charge in [0.1, 0.15) is 0 Å². The summed E-state index contributed by atoms with van der Waals surface area (Å²) in [7, 11) is 1.21. The lowest BCUT2D eigenvalue weighted by atomic mass is 10.1. The van der Waals surface area contributed by atoms with Crippen LogP contribution in [0.1, 0.15) is 23.2 Å². The molecule has 0 aliphatic heterocycles. The van der Waals surface area contributed by atoms with Gasteiger partial charge in [-0.2, -0.15) is 0 Å². The Hall–Kier alpha value is -0.940. The predicted molar refractivity (Wildman–Crippen MR) is 59.5 cm³/mol. The van der Waals surface area contributed by atoms with Crippen molar-refractivity contribution in [2.24, 2.45) is 0 Å². The molecular weight excluding hydrogens is 275 g/mol. The Balaban J connectivity index is 3.15. The summed E-state index contributed by atoms with van der Waals surface area (Å²) in [5.74, 6) is -0.723. The second-order valence-electron chi connectivity index (χ2n) is 3.14. The lowest BCUT2D eigenvalue weighted by molar-refractivity contribution is -0.139. The number of carbonyl (C=O) groups is 1. The molecule has 0 N–H and O–H groups in total. The molecule has 0 spiro atoms. The first kappa shape index (κ1) is 14.1. The number of nitrogens with zero attached hydrogens (tertiary/aromatic N) is 1. The minimum atomic E-state index is -2.71. The van der Waals surface area contributed by atoms with Crippen LogP contribution in [0.15, 0.2) is 6.20 Å². The predicted octanol–water partition coefficient (Wildman–Crippen LogP) is 3.13. The maximum Gasteiger partial charge on any atom is 0.311 e. The van der Waals surface area contributed by atoms with Crippen LogP contribution >= 0.6 is 23.2 Å². The van der Waals surface area contributed by atoms with Gasteiger partial charge in [-0.15, -0.1) is 11.6 Å². The van der Waals surface area contributed by atoms with Gasteiger partial charge >= 0.3 is 5.97 Å². The van der Waals surface area contributed by atoms with Gasteiger partial charge in [-0.1, -0.05) is 11.6 Å². The standard InChI is InChI=1S/C10H9Cl2F2NO2/c1-17-8(16)2-7-9(12)5(3-11)6(4-15-7)10(13)14/h4,10H,2-3H2,1H3. The number of carbonyl (C=O) groups excluding carboxylic acids is 1. The zero-order valence-corrected chi connectivity index (χ0v) is 10.4. The molecule has 94 valence electrons. The van der Waals surface area contributed by atoms with Crippen molar-refractivity contribution in [1.82, 2.24) is 4.98 Å². The fraction of sp³-hybridized carbons (Fsp3) is 0.400. The topological polar surface area (TPSA) is 39.2 Å². The molecule has 0 fully saturated rings. The Morgan fingerprint density at radius 1 is 1.59 bits per heavy atom. The summed E-state index contributed by atoms with van der Waals surface area (Å²) in [6.45, 7) is 0. The number of pyridine rings is 1.